The minimum Gasteiger partial charge on any atom is -0.481 e. The molecule has 282 valence electrons. The zero-order valence-corrected chi connectivity index (χ0v) is 31.2. The summed E-state index contributed by atoms with van der Waals surface area (Å²) in [6, 6.07) is 0. The van der Waals surface area contributed by atoms with Gasteiger partial charge in [0.25, 0.3) is 0 Å². The van der Waals surface area contributed by atoms with Crippen LogP contribution in [0.25, 0.3) is 0 Å². The Kier molecular flexibility index (Phi) is 20.8. The molecule has 14 heteroatoms. The van der Waals surface area contributed by atoms with Crippen molar-refractivity contribution in [2.45, 2.75) is 119 Å². The molecule has 0 saturated carbocycles. The van der Waals surface area contributed by atoms with Gasteiger partial charge in [-0.3, -0.25) is 9.48 Å². The molecule has 2 rings (SSSR count). The van der Waals surface area contributed by atoms with E-state index in [1.807, 2.05) is 26.2 Å². The van der Waals surface area contributed by atoms with Crippen LogP contribution in [0.2, 0.25) is 0 Å². The van der Waals surface area contributed by atoms with Gasteiger partial charge >= 0.3 is 5.97 Å². The maximum atomic E-state index is 10.7. The number of ether oxygens (including phenoxy) is 6. The van der Waals surface area contributed by atoms with Gasteiger partial charge in [0.2, 0.25) is 0 Å². The van der Waals surface area contributed by atoms with Crippen LogP contribution in [0.5, 0.6) is 0 Å². The fraction of sp³-hybridized carbons (Fsp3) is 0.857. The second-order valence-corrected chi connectivity index (χ2v) is 13.9. The molecule has 0 radical (unpaired) electrons. The topological polar surface area (TPSA) is 154 Å². The van der Waals surface area contributed by atoms with Gasteiger partial charge in [-0.15, -0.1) is 10.2 Å². The smallest absolute Gasteiger partial charge is 0.303 e. The first-order chi connectivity index (χ1) is 23.5. The number of carbonyl (C=O) groups is 1. The normalized spacial score (nSPS) is 14.5. The number of carboxylic acid groups (broad SMARTS) is 1. The molecule has 2 heterocycles. The molecule has 2 aromatic heterocycles. The van der Waals surface area contributed by atoms with Gasteiger partial charge in [0.15, 0.2) is 0 Å². The van der Waals surface area contributed by atoms with E-state index in [-0.39, 0.29) is 23.4 Å². The van der Waals surface area contributed by atoms with E-state index in [1.165, 1.54) is 0 Å². The number of hydrogen-bond donors (Lipinski definition) is 1. The highest BCUT2D eigenvalue weighted by Crippen LogP contribution is 2.33. The van der Waals surface area contributed by atoms with Crippen LogP contribution in [0.1, 0.15) is 97.9 Å². The highest BCUT2D eigenvalue weighted by atomic mass is 16.5. The second kappa shape index (κ2) is 23.8. The van der Waals surface area contributed by atoms with Crippen molar-refractivity contribution in [3.05, 3.63) is 23.8 Å². The highest BCUT2D eigenvalue weighted by molar-refractivity contribution is 5.66. The van der Waals surface area contributed by atoms with Crippen LogP contribution in [0.15, 0.2) is 12.4 Å². The molecular weight excluding hydrogens is 632 g/mol. The van der Waals surface area contributed by atoms with Crippen LogP contribution in [-0.2, 0) is 59.5 Å². The molecule has 0 fully saturated rings. The lowest BCUT2D eigenvalue weighted by atomic mass is 9.79. The van der Waals surface area contributed by atoms with E-state index in [1.54, 1.807) is 16.5 Å². The molecule has 0 bridgehead atoms. The number of rotatable bonds is 31. The van der Waals surface area contributed by atoms with Crippen LogP contribution in [-0.4, -0.2) is 107 Å². The fourth-order valence-corrected chi connectivity index (χ4v) is 5.53. The molecule has 2 aromatic rings. The second-order valence-electron chi connectivity index (χ2n) is 13.9. The first-order valence-electron chi connectivity index (χ1n) is 18.0. The Bertz CT molecular complexity index is 1150. The van der Waals surface area contributed by atoms with Crippen molar-refractivity contribution in [1.82, 2.24) is 30.0 Å². The van der Waals surface area contributed by atoms with Gasteiger partial charge in [0.1, 0.15) is 11.4 Å². The molecule has 2 atom stereocenters. The summed E-state index contributed by atoms with van der Waals surface area (Å²) in [4.78, 5) is 10.7. The predicted molar refractivity (Wildman–Crippen MR) is 185 cm³/mol. The van der Waals surface area contributed by atoms with E-state index < -0.39 is 5.97 Å². The first kappa shape index (κ1) is 42.7. The van der Waals surface area contributed by atoms with Gasteiger partial charge < -0.3 is 33.5 Å². The van der Waals surface area contributed by atoms with Crippen molar-refractivity contribution < 1.29 is 38.3 Å². The Morgan fingerprint density at radius 1 is 0.755 bits per heavy atom. The van der Waals surface area contributed by atoms with Crippen molar-refractivity contribution in [2.24, 2.45) is 16.7 Å². The molecule has 0 aliphatic heterocycles. The Labute approximate surface area is 293 Å². The van der Waals surface area contributed by atoms with Crippen LogP contribution >= 0.6 is 0 Å². The van der Waals surface area contributed by atoms with E-state index in [4.69, 9.17) is 33.5 Å². The molecule has 1 N–H and O–H groups in total. The summed E-state index contributed by atoms with van der Waals surface area (Å²) in [7, 11) is 1.65. The third-order valence-corrected chi connectivity index (χ3v) is 8.54. The summed E-state index contributed by atoms with van der Waals surface area (Å²) in [6.45, 7) is 19.2. The maximum absolute atomic E-state index is 10.7. The monoisotopic (exact) mass is 696 g/mol. The average Bonchev–Trinajstić information content (AvgIpc) is 3.72. The van der Waals surface area contributed by atoms with Gasteiger partial charge in [0, 0.05) is 30.9 Å². The van der Waals surface area contributed by atoms with Gasteiger partial charge in [-0.05, 0) is 51.9 Å². The third-order valence-electron chi connectivity index (χ3n) is 8.54. The Morgan fingerprint density at radius 2 is 1.35 bits per heavy atom. The van der Waals surface area contributed by atoms with Crippen LogP contribution in [0.4, 0.5) is 0 Å². The lowest BCUT2D eigenvalue weighted by molar-refractivity contribution is -0.137. The molecular formula is C35H64N6O8. The van der Waals surface area contributed by atoms with Gasteiger partial charge in [-0.1, -0.05) is 44.5 Å². The SMILES string of the molecule is CCC(COCc1cn(CCOCCOC)nn1)(COCC(CC)(COCc1cn(CCCCCC(=O)O)nn1)CC(C)C)COC(C)C. The Morgan fingerprint density at radius 3 is 1.92 bits per heavy atom. The van der Waals surface area contributed by atoms with Crippen LogP contribution in [0.3, 0.4) is 0 Å². The zero-order chi connectivity index (χ0) is 36.0. The largest absolute Gasteiger partial charge is 0.481 e. The number of methoxy groups -OCH3 is 1. The molecule has 0 amide bonds. The van der Waals surface area contributed by atoms with Crippen molar-refractivity contribution in [3.63, 3.8) is 0 Å². The maximum Gasteiger partial charge on any atom is 0.303 e. The lowest BCUT2D eigenvalue weighted by Crippen LogP contribution is -2.40. The fourth-order valence-electron chi connectivity index (χ4n) is 5.53. The van der Waals surface area contributed by atoms with Crippen molar-refractivity contribution in [1.29, 1.82) is 0 Å². The molecule has 0 saturated heterocycles. The molecule has 0 aliphatic rings. The van der Waals surface area contributed by atoms with Crippen molar-refractivity contribution in [3.8, 4) is 0 Å². The molecule has 0 aliphatic carbocycles. The number of nitrogens with zero attached hydrogens (tertiary/aromatic N) is 6. The van der Waals surface area contributed by atoms with E-state index in [0.29, 0.717) is 91.5 Å². The average molecular weight is 697 g/mol. The van der Waals surface area contributed by atoms with E-state index in [9.17, 15) is 4.79 Å². The van der Waals surface area contributed by atoms with Crippen molar-refractivity contribution >= 4 is 5.97 Å². The Hall–Kier alpha value is -2.49. The molecule has 49 heavy (non-hydrogen) atoms. The number of aryl methyl sites for hydroxylation is 1. The highest BCUT2D eigenvalue weighted by Gasteiger charge is 2.34. The van der Waals surface area contributed by atoms with Gasteiger partial charge in [-0.25, -0.2) is 4.68 Å². The molecule has 14 nitrogen and oxygen atoms in total. The Balaban J connectivity index is 1.92. The molecule has 0 aromatic carbocycles. The van der Waals surface area contributed by atoms with E-state index in [0.717, 1.165) is 43.5 Å². The molecule has 2 unspecified atom stereocenters. The number of aromatic nitrogens is 6. The van der Waals surface area contributed by atoms with Gasteiger partial charge in [-0.2, -0.15) is 0 Å². The summed E-state index contributed by atoms with van der Waals surface area (Å²) in [5.74, 6) is -0.279. The summed E-state index contributed by atoms with van der Waals surface area (Å²) in [6.07, 6.45) is 9.19. The van der Waals surface area contributed by atoms with Crippen molar-refractivity contribution in [2.75, 3.05) is 60.0 Å². The lowest BCUT2D eigenvalue weighted by Gasteiger charge is -2.37. The van der Waals surface area contributed by atoms with E-state index >= 15 is 0 Å². The number of unbranched alkanes of at least 4 members (excludes halogenated alkanes) is 2. The molecule has 0 spiro atoms. The predicted octanol–water partition coefficient (Wildman–Crippen LogP) is 5.19. The van der Waals surface area contributed by atoms with Crippen LogP contribution < -0.4 is 0 Å². The first-order valence-corrected chi connectivity index (χ1v) is 18.0. The summed E-state index contributed by atoms with van der Waals surface area (Å²) in [5, 5.41) is 25.8. The number of carboxylic acids is 1. The minimum absolute atomic E-state index is 0.0934. The number of hydrogen-bond acceptors (Lipinski definition) is 11. The third kappa shape index (κ3) is 17.8. The minimum atomic E-state index is -0.754. The summed E-state index contributed by atoms with van der Waals surface area (Å²) in [5.41, 5.74) is 1.07. The standard InChI is InChI=1S/C35H64N6O8/c1-8-34(19-29(3)4,24-46-22-31-20-40(38-36-31)14-12-10-11-13-33(42)43)25-48-27-35(9-2,28-49-30(5)6)26-47-23-32-21-41(39-37-32)15-16-45-18-17-44-7/h20-21,29-30H,8-19,22-28H2,1-7H3,(H,42,43). The summed E-state index contributed by atoms with van der Waals surface area (Å²) < 4.78 is 39.3. The van der Waals surface area contributed by atoms with E-state index in [2.05, 4.69) is 48.3 Å². The van der Waals surface area contributed by atoms with Gasteiger partial charge in [0.05, 0.1) is 91.1 Å². The quantitative estimate of drug-likeness (QED) is 0.103. The zero-order valence-electron chi connectivity index (χ0n) is 31.2. The number of aliphatic carboxylic acids is 1. The summed E-state index contributed by atoms with van der Waals surface area (Å²) >= 11 is 0. The van der Waals surface area contributed by atoms with Crippen LogP contribution in [0, 0.1) is 16.7 Å².